The van der Waals surface area contributed by atoms with E-state index >= 15 is 0 Å². The zero-order valence-corrected chi connectivity index (χ0v) is 17.5. The summed E-state index contributed by atoms with van der Waals surface area (Å²) in [4.78, 5) is 24.1. The number of carbonyl (C=O) groups is 2. The molecule has 3 rings (SSSR count). The van der Waals surface area contributed by atoms with Crippen molar-refractivity contribution in [3.05, 3.63) is 54.1 Å². The minimum absolute atomic E-state index is 0.0496. The Morgan fingerprint density at radius 3 is 2.62 bits per heavy atom. The summed E-state index contributed by atoms with van der Waals surface area (Å²) in [6, 6.07) is 14.5. The lowest BCUT2D eigenvalue weighted by molar-refractivity contribution is -0.115. The average Bonchev–Trinajstić information content (AvgIpc) is 3.08. The molecule has 1 N–H and O–H groups in total. The predicted molar refractivity (Wildman–Crippen MR) is 113 cm³/mol. The highest BCUT2D eigenvalue weighted by Gasteiger charge is 2.20. The Morgan fingerprint density at radius 1 is 1.14 bits per heavy atom. The van der Waals surface area contributed by atoms with Gasteiger partial charge in [0.05, 0.1) is 17.9 Å². The molecule has 0 unspecified atom stereocenters. The van der Waals surface area contributed by atoms with Crippen LogP contribution in [0.4, 0.5) is 5.69 Å². The fourth-order valence-electron chi connectivity index (χ4n) is 2.75. The number of ketones is 1. The number of amides is 1. The molecule has 8 heteroatoms. The highest BCUT2D eigenvalue weighted by molar-refractivity contribution is 8.00. The standard InChI is InChI=1S/C21H22N4O3S/c1-13(26)15-8-7-9-16(12-15)22-20(27)14(2)29-21-24-23-19(25(21)3)17-10-5-6-11-18(17)28-4/h5-12,14H,1-4H3,(H,22,27)/t14-/m0/s1. The highest BCUT2D eigenvalue weighted by atomic mass is 32.2. The van der Waals surface area contributed by atoms with E-state index in [4.69, 9.17) is 4.74 Å². The van der Waals surface area contributed by atoms with E-state index in [2.05, 4.69) is 15.5 Å². The second-order valence-corrected chi connectivity index (χ2v) is 7.76. The van der Waals surface area contributed by atoms with Crippen LogP contribution in [0, 0.1) is 0 Å². The lowest BCUT2D eigenvalue weighted by Crippen LogP contribution is -2.23. The monoisotopic (exact) mass is 410 g/mol. The molecular weight excluding hydrogens is 388 g/mol. The number of Topliss-reactive ketones (excluding diaryl/α,β-unsaturated/α-hetero) is 1. The number of methoxy groups -OCH3 is 1. The second-order valence-electron chi connectivity index (χ2n) is 6.45. The molecule has 7 nitrogen and oxygen atoms in total. The highest BCUT2D eigenvalue weighted by Crippen LogP contribution is 2.31. The van der Waals surface area contributed by atoms with E-state index in [0.29, 0.717) is 28.0 Å². The van der Waals surface area contributed by atoms with Crippen LogP contribution >= 0.6 is 11.8 Å². The lowest BCUT2D eigenvalue weighted by atomic mass is 10.1. The smallest absolute Gasteiger partial charge is 0.237 e. The van der Waals surface area contributed by atoms with Crippen molar-refractivity contribution < 1.29 is 14.3 Å². The first-order valence-electron chi connectivity index (χ1n) is 9.02. The third-order valence-electron chi connectivity index (χ3n) is 4.37. The number of nitrogens with zero attached hydrogens (tertiary/aromatic N) is 3. The molecule has 0 saturated heterocycles. The largest absolute Gasteiger partial charge is 0.496 e. The maximum Gasteiger partial charge on any atom is 0.237 e. The van der Waals surface area contributed by atoms with Crippen LogP contribution in [0.3, 0.4) is 0 Å². The third kappa shape index (κ3) is 4.65. The summed E-state index contributed by atoms with van der Waals surface area (Å²) in [6.45, 7) is 3.29. The van der Waals surface area contributed by atoms with Crippen LogP contribution in [0.1, 0.15) is 24.2 Å². The number of ether oxygens (including phenoxy) is 1. The first kappa shape index (κ1) is 20.6. The fourth-order valence-corrected chi connectivity index (χ4v) is 3.57. The fraction of sp³-hybridized carbons (Fsp3) is 0.238. The van der Waals surface area contributed by atoms with Crippen molar-refractivity contribution in [2.45, 2.75) is 24.3 Å². The quantitative estimate of drug-likeness (QED) is 0.471. The van der Waals surface area contributed by atoms with Crippen LogP contribution in [-0.2, 0) is 11.8 Å². The number of anilines is 1. The van der Waals surface area contributed by atoms with Crippen LogP contribution in [0.5, 0.6) is 5.75 Å². The normalized spacial score (nSPS) is 11.7. The van der Waals surface area contributed by atoms with Gasteiger partial charge in [-0.25, -0.2) is 0 Å². The molecule has 0 aliphatic heterocycles. The van der Waals surface area contributed by atoms with Crippen LogP contribution in [0.15, 0.2) is 53.7 Å². The molecule has 29 heavy (non-hydrogen) atoms. The molecule has 1 heterocycles. The van der Waals surface area contributed by atoms with Crippen molar-refractivity contribution in [1.82, 2.24) is 14.8 Å². The molecule has 3 aromatic rings. The van der Waals surface area contributed by atoms with Crippen LogP contribution in [0.2, 0.25) is 0 Å². The topological polar surface area (TPSA) is 86.1 Å². The van der Waals surface area contributed by atoms with Gasteiger partial charge in [-0.1, -0.05) is 36.0 Å². The molecule has 1 amide bonds. The SMILES string of the molecule is COc1ccccc1-c1nnc(S[C@@H](C)C(=O)Nc2cccc(C(C)=O)c2)n1C. The van der Waals surface area contributed by atoms with Gasteiger partial charge in [0, 0.05) is 18.3 Å². The van der Waals surface area contributed by atoms with Gasteiger partial charge in [-0.15, -0.1) is 10.2 Å². The van der Waals surface area contributed by atoms with E-state index in [0.717, 1.165) is 5.56 Å². The maximum absolute atomic E-state index is 12.6. The van der Waals surface area contributed by atoms with E-state index in [9.17, 15) is 9.59 Å². The molecule has 0 spiro atoms. The predicted octanol–water partition coefficient (Wildman–Crippen LogP) is 3.81. The summed E-state index contributed by atoms with van der Waals surface area (Å²) in [5, 5.41) is 11.5. The Balaban J connectivity index is 1.73. The molecule has 2 aromatic carbocycles. The van der Waals surface area contributed by atoms with E-state index in [1.54, 1.807) is 38.3 Å². The van der Waals surface area contributed by atoms with Gasteiger partial charge in [-0.2, -0.15) is 0 Å². The van der Waals surface area contributed by atoms with Crippen LogP contribution in [-0.4, -0.2) is 38.8 Å². The molecule has 0 fully saturated rings. The van der Waals surface area contributed by atoms with Gasteiger partial charge in [0.15, 0.2) is 16.8 Å². The third-order valence-corrected chi connectivity index (χ3v) is 5.50. The van der Waals surface area contributed by atoms with Gasteiger partial charge in [0.1, 0.15) is 5.75 Å². The van der Waals surface area contributed by atoms with Crippen molar-refractivity contribution in [2.75, 3.05) is 12.4 Å². The molecular formula is C21H22N4O3S. The molecule has 0 bridgehead atoms. The van der Waals surface area contributed by atoms with Crippen molar-refractivity contribution in [3.63, 3.8) is 0 Å². The summed E-state index contributed by atoms with van der Waals surface area (Å²) in [6.07, 6.45) is 0. The summed E-state index contributed by atoms with van der Waals surface area (Å²) >= 11 is 1.31. The van der Waals surface area contributed by atoms with E-state index in [-0.39, 0.29) is 11.7 Å². The Morgan fingerprint density at radius 2 is 1.90 bits per heavy atom. The Labute approximate surface area is 173 Å². The number of thioether (sulfide) groups is 1. The first-order valence-corrected chi connectivity index (χ1v) is 9.90. The molecule has 150 valence electrons. The lowest BCUT2D eigenvalue weighted by Gasteiger charge is -2.12. The van der Waals surface area contributed by atoms with E-state index in [1.807, 2.05) is 35.9 Å². The summed E-state index contributed by atoms with van der Waals surface area (Å²) < 4.78 is 7.24. The van der Waals surface area contributed by atoms with Crippen molar-refractivity contribution in [1.29, 1.82) is 0 Å². The number of hydrogen-bond acceptors (Lipinski definition) is 6. The summed E-state index contributed by atoms with van der Waals surface area (Å²) in [5.41, 5.74) is 1.97. The number of hydrogen-bond donors (Lipinski definition) is 1. The number of para-hydroxylation sites is 1. The van der Waals surface area contributed by atoms with E-state index in [1.165, 1.54) is 18.7 Å². The summed E-state index contributed by atoms with van der Waals surface area (Å²) in [5.74, 6) is 1.13. The first-order chi connectivity index (χ1) is 13.9. The second kappa shape index (κ2) is 8.91. The number of carbonyl (C=O) groups excluding carboxylic acids is 2. The van der Waals surface area contributed by atoms with Gasteiger partial charge in [0.25, 0.3) is 0 Å². The molecule has 1 atom stereocenters. The van der Waals surface area contributed by atoms with E-state index < -0.39 is 5.25 Å². The number of benzene rings is 2. The molecule has 1 aromatic heterocycles. The van der Waals surface area contributed by atoms with Crippen molar-refractivity contribution in [3.8, 4) is 17.1 Å². The van der Waals surface area contributed by atoms with Gasteiger partial charge in [-0.05, 0) is 38.1 Å². The van der Waals surface area contributed by atoms with Gasteiger partial charge >= 0.3 is 0 Å². The minimum Gasteiger partial charge on any atom is -0.496 e. The average molecular weight is 410 g/mol. The van der Waals surface area contributed by atoms with Crippen LogP contribution < -0.4 is 10.1 Å². The Kier molecular flexibility index (Phi) is 6.33. The van der Waals surface area contributed by atoms with Gasteiger partial charge in [-0.3, -0.25) is 9.59 Å². The number of rotatable bonds is 7. The Bertz CT molecular complexity index is 1050. The Hall–Kier alpha value is -3.13. The van der Waals surface area contributed by atoms with Gasteiger partial charge in [0.2, 0.25) is 5.91 Å². The molecule has 0 saturated carbocycles. The van der Waals surface area contributed by atoms with Gasteiger partial charge < -0.3 is 14.6 Å². The molecule has 0 aliphatic rings. The molecule has 0 aliphatic carbocycles. The summed E-state index contributed by atoms with van der Waals surface area (Å²) in [7, 11) is 3.46. The van der Waals surface area contributed by atoms with Crippen LogP contribution in [0.25, 0.3) is 11.4 Å². The number of nitrogens with one attached hydrogen (secondary N) is 1. The zero-order valence-electron chi connectivity index (χ0n) is 16.7. The molecule has 0 radical (unpaired) electrons. The van der Waals surface area contributed by atoms with Crippen molar-refractivity contribution in [2.24, 2.45) is 7.05 Å². The van der Waals surface area contributed by atoms with Crippen molar-refractivity contribution >= 4 is 29.1 Å². The zero-order chi connectivity index (χ0) is 21.0. The number of aromatic nitrogens is 3. The maximum atomic E-state index is 12.6. The minimum atomic E-state index is -0.413.